The number of nitrogens with zero attached hydrogens (tertiary/aromatic N) is 1. The number of hydrogen-bond acceptors (Lipinski definition) is 4. The molecular weight excluding hydrogens is 340 g/mol. The van der Waals surface area contributed by atoms with Gasteiger partial charge in [0.2, 0.25) is 15.9 Å². The number of carbonyl (C=O) groups is 2. The number of sulfonamides is 1. The first-order chi connectivity index (χ1) is 11.7. The van der Waals surface area contributed by atoms with Gasteiger partial charge in [0.25, 0.3) is 0 Å². The van der Waals surface area contributed by atoms with Crippen LogP contribution in [0.1, 0.15) is 22.8 Å². The van der Waals surface area contributed by atoms with E-state index < -0.39 is 15.9 Å². The fourth-order valence-electron chi connectivity index (χ4n) is 2.37. The van der Waals surface area contributed by atoms with E-state index in [1.54, 1.807) is 55.5 Å². The van der Waals surface area contributed by atoms with Gasteiger partial charge < -0.3 is 5.32 Å². The quantitative estimate of drug-likeness (QED) is 0.803. The lowest BCUT2D eigenvalue weighted by Gasteiger charge is -2.23. The standard InChI is InChI=1S/C18H20N2O4S/c1-13-7-4-5-10-17(13)20(25(3,23)24)12-18(22)19-16-9-6-8-15(11-16)14(2)21/h4-11H,12H2,1-3H3,(H,19,22). The zero-order valence-electron chi connectivity index (χ0n) is 14.3. The van der Waals surface area contributed by atoms with Crippen LogP contribution in [-0.4, -0.2) is 32.9 Å². The van der Waals surface area contributed by atoms with Crippen molar-refractivity contribution >= 4 is 33.1 Å². The second kappa shape index (κ2) is 7.48. The third-order valence-electron chi connectivity index (χ3n) is 3.62. The highest BCUT2D eigenvalue weighted by atomic mass is 32.2. The summed E-state index contributed by atoms with van der Waals surface area (Å²) in [6, 6.07) is 13.4. The minimum Gasteiger partial charge on any atom is -0.324 e. The van der Waals surface area contributed by atoms with E-state index in [1.165, 1.54) is 6.92 Å². The summed E-state index contributed by atoms with van der Waals surface area (Å²) in [7, 11) is -3.63. The lowest BCUT2D eigenvalue weighted by molar-refractivity contribution is -0.114. The summed E-state index contributed by atoms with van der Waals surface area (Å²) >= 11 is 0. The predicted molar refractivity (Wildman–Crippen MR) is 98.4 cm³/mol. The lowest BCUT2D eigenvalue weighted by Crippen LogP contribution is -2.37. The number of aryl methyl sites for hydroxylation is 1. The van der Waals surface area contributed by atoms with Gasteiger partial charge in [-0.1, -0.05) is 30.3 Å². The summed E-state index contributed by atoms with van der Waals surface area (Å²) < 4.78 is 25.3. The van der Waals surface area contributed by atoms with Gasteiger partial charge in [-0.05, 0) is 37.6 Å². The number of carbonyl (C=O) groups excluding carboxylic acids is 2. The van der Waals surface area contributed by atoms with Crippen molar-refractivity contribution in [2.45, 2.75) is 13.8 Å². The van der Waals surface area contributed by atoms with E-state index in [9.17, 15) is 18.0 Å². The van der Waals surface area contributed by atoms with E-state index in [-0.39, 0.29) is 12.3 Å². The average molecular weight is 360 g/mol. The number of benzene rings is 2. The molecule has 0 unspecified atom stereocenters. The maximum absolute atomic E-state index is 12.3. The Morgan fingerprint density at radius 2 is 1.76 bits per heavy atom. The Bertz CT molecular complexity index is 907. The van der Waals surface area contributed by atoms with Crippen molar-refractivity contribution < 1.29 is 18.0 Å². The third kappa shape index (κ3) is 4.90. The highest BCUT2D eigenvalue weighted by Gasteiger charge is 2.22. The van der Waals surface area contributed by atoms with E-state index in [1.807, 2.05) is 0 Å². The number of Topliss-reactive ketones (excluding diaryl/α,β-unsaturated/α-hetero) is 1. The molecule has 0 aliphatic rings. The number of rotatable bonds is 6. The van der Waals surface area contributed by atoms with Crippen LogP contribution in [-0.2, 0) is 14.8 Å². The molecular formula is C18H20N2O4S. The van der Waals surface area contributed by atoms with Crippen LogP contribution in [0, 0.1) is 6.92 Å². The molecule has 0 aliphatic carbocycles. The zero-order chi connectivity index (χ0) is 18.6. The molecule has 0 saturated heterocycles. The first kappa shape index (κ1) is 18.7. The van der Waals surface area contributed by atoms with Crippen LogP contribution >= 0.6 is 0 Å². The van der Waals surface area contributed by atoms with Crippen molar-refractivity contribution in [3.05, 3.63) is 59.7 Å². The summed E-state index contributed by atoms with van der Waals surface area (Å²) in [4.78, 5) is 23.7. The van der Waals surface area contributed by atoms with Crippen LogP contribution in [0.15, 0.2) is 48.5 Å². The highest BCUT2D eigenvalue weighted by Crippen LogP contribution is 2.22. The van der Waals surface area contributed by atoms with E-state index in [0.717, 1.165) is 16.1 Å². The van der Waals surface area contributed by atoms with Crippen LogP contribution in [0.25, 0.3) is 0 Å². The van der Waals surface area contributed by atoms with Gasteiger partial charge >= 0.3 is 0 Å². The summed E-state index contributed by atoms with van der Waals surface area (Å²) in [6.45, 7) is 2.86. The number of anilines is 2. The Kier molecular flexibility index (Phi) is 5.58. The number of amides is 1. The largest absolute Gasteiger partial charge is 0.324 e. The van der Waals surface area contributed by atoms with E-state index in [2.05, 4.69) is 5.32 Å². The molecule has 1 amide bonds. The summed E-state index contributed by atoms with van der Waals surface area (Å²) in [5.74, 6) is -0.608. The molecule has 25 heavy (non-hydrogen) atoms. The van der Waals surface area contributed by atoms with Crippen LogP contribution in [0.5, 0.6) is 0 Å². The van der Waals surface area contributed by atoms with Crippen LogP contribution in [0.2, 0.25) is 0 Å². The number of nitrogens with one attached hydrogen (secondary N) is 1. The Balaban J connectivity index is 2.23. The number of para-hydroxylation sites is 1. The van der Waals surface area contributed by atoms with Gasteiger partial charge in [-0.3, -0.25) is 13.9 Å². The molecule has 7 heteroatoms. The second-order valence-electron chi connectivity index (χ2n) is 5.74. The van der Waals surface area contributed by atoms with Crippen molar-refractivity contribution in [1.29, 1.82) is 0 Å². The third-order valence-corrected chi connectivity index (χ3v) is 4.75. The Morgan fingerprint density at radius 1 is 1.08 bits per heavy atom. The van der Waals surface area contributed by atoms with Gasteiger partial charge in [0, 0.05) is 11.3 Å². The van der Waals surface area contributed by atoms with Gasteiger partial charge in [0.05, 0.1) is 11.9 Å². The Morgan fingerprint density at radius 3 is 2.36 bits per heavy atom. The molecule has 0 saturated carbocycles. The minimum atomic E-state index is -3.63. The molecule has 2 rings (SSSR count). The molecule has 6 nitrogen and oxygen atoms in total. The molecule has 0 heterocycles. The maximum Gasteiger partial charge on any atom is 0.245 e. The monoisotopic (exact) mass is 360 g/mol. The first-order valence-electron chi connectivity index (χ1n) is 7.62. The van der Waals surface area contributed by atoms with Crippen molar-refractivity contribution in [2.75, 3.05) is 22.4 Å². The molecule has 0 radical (unpaired) electrons. The Hall–Kier alpha value is -2.67. The molecule has 1 N–H and O–H groups in total. The molecule has 2 aromatic carbocycles. The van der Waals surface area contributed by atoms with Gasteiger partial charge in [-0.25, -0.2) is 8.42 Å². The smallest absolute Gasteiger partial charge is 0.245 e. The second-order valence-corrected chi connectivity index (χ2v) is 7.65. The lowest BCUT2D eigenvalue weighted by atomic mass is 10.1. The maximum atomic E-state index is 12.3. The fourth-order valence-corrected chi connectivity index (χ4v) is 3.29. The Labute approximate surface area is 147 Å². The average Bonchev–Trinajstić information content (AvgIpc) is 2.52. The molecule has 0 atom stereocenters. The van der Waals surface area contributed by atoms with Crippen LogP contribution in [0.4, 0.5) is 11.4 Å². The number of ketones is 1. The van der Waals surface area contributed by atoms with Gasteiger partial charge in [-0.2, -0.15) is 0 Å². The van der Waals surface area contributed by atoms with Gasteiger partial charge in [0.1, 0.15) is 6.54 Å². The van der Waals surface area contributed by atoms with E-state index >= 15 is 0 Å². The normalized spacial score (nSPS) is 11.0. The minimum absolute atomic E-state index is 0.117. The molecule has 0 spiro atoms. The van der Waals surface area contributed by atoms with Crippen molar-refractivity contribution in [2.24, 2.45) is 0 Å². The summed E-state index contributed by atoms with van der Waals surface area (Å²) in [5.41, 5.74) is 2.12. The molecule has 2 aromatic rings. The topological polar surface area (TPSA) is 83.6 Å². The summed E-state index contributed by atoms with van der Waals surface area (Å²) in [6.07, 6.45) is 1.06. The van der Waals surface area contributed by atoms with E-state index in [4.69, 9.17) is 0 Å². The van der Waals surface area contributed by atoms with Gasteiger partial charge in [-0.15, -0.1) is 0 Å². The highest BCUT2D eigenvalue weighted by molar-refractivity contribution is 7.92. The molecule has 0 fully saturated rings. The molecule has 0 aromatic heterocycles. The summed E-state index contributed by atoms with van der Waals surface area (Å²) in [5, 5.41) is 2.63. The zero-order valence-corrected chi connectivity index (χ0v) is 15.1. The van der Waals surface area contributed by atoms with Crippen molar-refractivity contribution in [3.8, 4) is 0 Å². The van der Waals surface area contributed by atoms with Crippen LogP contribution in [0.3, 0.4) is 0 Å². The first-order valence-corrected chi connectivity index (χ1v) is 9.47. The number of hydrogen-bond donors (Lipinski definition) is 1. The van der Waals surface area contributed by atoms with Crippen molar-refractivity contribution in [1.82, 2.24) is 0 Å². The van der Waals surface area contributed by atoms with Crippen molar-refractivity contribution in [3.63, 3.8) is 0 Å². The fraction of sp³-hybridized carbons (Fsp3) is 0.222. The molecule has 0 bridgehead atoms. The molecule has 0 aliphatic heterocycles. The van der Waals surface area contributed by atoms with E-state index in [0.29, 0.717) is 16.9 Å². The van der Waals surface area contributed by atoms with Crippen LogP contribution < -0.4 is 9.62 Å². The predicted octanol–water partition coefficient (Wildman–Crippen LogP) is 2.60. The van der Waals surface area contributed by atoms with Gasteiger partial charge in [0.15, 0.2) is 5.78 Å². The molecule has 132 valence electrons. The SMILES string of the molecule is CC(=O)c1cccc(NC(=O)CN(c2ccccc2C)S(C)(=O)=O)c1.